The molecule has 212 valence electrons. The predicted molar refractivity (Wildman–Crippen MR) is 147 cm³/mol. The zero-order valence-electron chi connectivity index (χ0n) is 22.9. The van der Waals surface area contributed by atoms with E-state index < -0.39 is 5.41 Å². The molecule has 11 heteroatoms. The van der Waals surface area contributed by atoms with Gasteiger partial charge < -0.3 is 24.4 Å². The van der Waals surface area contributed by atoms with Crippen molar-refractivity contribution in [2.24, 2.45) is 5.41 Å². The molecule has 1 N–H and O–H groups in total. The van der Waals surface area contributed by atoms with Crippen LogP contribution in [-0.2, 0) is 16.0 Å². The Kier molecular flexibility index (Phi) is 6.01. The van der Waals surface area contributed by atoms with Gasteiger partial charge in [-0.1, -0.05) is 0 Å². The number of likely N-dealkylation sites (N-methyl/N-ethyl adjacent to an activating group) is 1. The molecule has 6 heterocycles. The van der Waals surface area contributed by atoms with Crippen molar-refractivity contribution in [1.29, 1.82) is 5.26 Å². The van der Waals surface area contributed by atoms with Gasteiger partial charge in [0.05, 0.1) is 46.5 Å². The fourth-order valence-electron chi connectivity index (χ4n) is 6.28. The number of ether oxygens (including phenoxy) is 3. The van der Waals surface area contributed by atoms with E-state index in [1.54, 1.807) is 12.1 Å². The number of nitriles is 1. The first kappa shape index (κ1) is 25.9. The van der Waals surface area contributed by atoms with Crippen LogP contribution in [0.2, 0.25) is 0 Å². The minimum absolute atomic E-state index is 0.00309. The lowest BCUT2D eigenvalue weighted by Crippen LogP contribution is -2.62. The number of hydrogen-bond donors (Lipinski definition) is 1. The Morgan fingerprint density at radius 2 is 1.98 bits per heavy atom. The molecule has 3 aromatic heterocycles. The Balaban J connectivity index is 1.04. The number of hydrogen-bond acceptors (Lipinski definition) is 9. The first-order chi connectivity index (χ1) is 19.8. The number of carbonyl (C=O) groups excluding carboxylic acids is 1. The Bertz CT molecular complexity index is 1560. The maximum Gasteiger partial charge on any atom is 0.263 e. The van der Waals surface area contributed by atoms with E-state index in [4.69, 9.17) is 14.2 Å². The molecule has 2 aliphatic carbocycles. The van der Waals surface area contributed by atoms with Gasteiger partial charge in [-0.15, -0.1) is 0 Å². The molecule has 3 aromatic rings. The molecule has 5 aliphatic rings. The number of aryl methyl sites for hydroxylation is 1. The summed E-state index contributed by atoms with van der Waals surface area (Å²) in [5, 5.41) is 12.1. The van der Waals surface area contributed by atoms with Crippen LogP contribution in [0.1, 0.15) is 50.5 Å². The number of pyridine rings is 3. The number of carbonyl (C=O) groups is 1. The van der Waals surface area contributed by atoms with Gasteiger partial charge in [0, 0.05) is 18.7 Å². The monoisotopic (exact) mass is 558 g/mol. The van der Waals surface area contributed by atoms with Crippen molar-refractivity contribution in [2.45, 2.75) is 62.5 Å². The van der Waals surface area contributed by atoms with E-state index in [0.29, 0.717) is 53.5 Å². The number of nitrogens with zero attached hydrogens (tertiary/aromatic N) is 5. The number of fused-ring (bicyclic) bond motifs is 5. The second kappa shape index (κ2) is 9.52. The Morgan fingerprint density at radius 3 is 2.71 bits per heavy atom. The minimum atomic E-state index is -0.415. The highest BCUT2D eigenvalue weighted by atomic mass is 19.1. The lowest BCUT2D eigenvalue weighted by atomic mass is 9.68. The summed E-state index contributed by atoms with van der Waals surface area (Å²) in [6, 6.07) is 9.59. The summed E-state index contributed by atoms with van der Waals surface area (Å²) in [5.74, 6) is 1.55. The van der Waals surface area contributed by atoms with Crippen molar-refractivity contribution in [3.05, 3.63) is 41.8 Å². The van der Waals surface area contributed by atoms with Crippen LogP contribution in [0.5, 0.6) is 11.6 Å². The van der Waals surface area contributed by atoms with Gasteiger partial charge in [-0.05, 0) is 69.6 Å². The largest absolute Gasteiger partial charge is 0.480 e. The first-order valence-corrected chi connectivity index (χ1v) is 14.1. The van der Waals surface area contributed by atoms with Crippen LogP contribution in [0.3, 0.4) is 0 Å². The fraction of sp³-hybridized carbons (Fsp3) is 0.500. The lowest BCUT2D eigenvalue weighted by molar-refractivity contribution is -0.156. The summed E-state index contributed by atoms with van der Waals surface area (Å²) in [6.07, 6.45) is 7.60. The van der Waals surface area contributed by atoms with Crippen LogP contribution < -0.4 is 19.7 Å². The molecule has 0 radical (unpaired) electrons. The molecule has 0 aromatic carbocycles. The normalized spacial score (nSPS) is 25.5. The Morgan fingerprint density at radius 1 is 1.15 bits per heavy atom. The topological polar surface area (TPSA) is 122 Å². The molecule has 0 unspecified atom stereocenters. The second-order valence-electron chi connectivity index (χ2n) is 11.9. The van der Waals surface area contributed by atoms with Gasteiger partial charge in [0.15, 0.2) is 18.2 Å². The molecule has 0 atom stereocenters. The van der Waals surface area contributed by atoms with Gasteiger partial charge in [0.1, 0.15) is 18.2 Å². The van der Waals surface area contributed by atoms with E-state index in [0.717, 1.165) is 44.3 Å². The van der Waals surface area contributed by atoms with E-state index in [-0.39, 0.29) is 36.1 Å². The van der Waals surface area contributed by atoms with E-state index in [1.807, 2.05) is 19.2 Å². The van der Waals surface area contributed by atoms with Crippen molar-refractivity contribution < 1.29 is 23.4 Å². The standard InChI is InChI=1S/C30H31FN6O4/c1-37(23-4-3-22-27(34-23)35-24(38)15-39-22)29-10-12-30(13-11-29,41-18-29)7-6-19-20(31)14-33-21-2-5-25(36-26(19)21)40-17-28(16-32)8-9-28/h2-5,14H,6-13,15,17-18H2,1H3,(H,34,35,38). The van der Waals surface area contributed by atoms with Crippen molar-refractivity contribution in [3.63, 3.8) is 0 Å². The number of nitrogens with one attached hydrogen (secondary N) is 1. The highest BCUT2D eigenvalue weighted by Gasteiger charge is 2.52. The number of halogens is 1. The van der Waals surface area contributed by atoms with Gasteiger partial charge in [0.25, 0.3) is 5.91 Å². The lowest BCUT2D eigenvalue weighted by Gasteiger charge is -2.56. The fourth-order valence-corrected chi connectivity index (χ4v) is 6.28. The van der Waals surface area contributed by atoms with Gasteiger partial charge >= 0.3 is 0 Å². The average Bonchev–Trinajstić information content (AvgIpc) is 3.80. The van der Waals surface area contributed by atoms with Crippen LogP contribution in [-0.4, -0.2) is 58.9 Å². The molecule has 0 spiro atoms. The van der Waals surface area contributed by atoms with E-state index in [1.165, 1.54) is 6.20 Å². The van der Waals surface area contributed by atoms with Gasteiger partial charge in [-0.2, -0.15) is 5.26 Å². The second-order valence-corrected chi connectivity index (χ2v) is 11.9. The molecule has 2 saturated heterocycles. The van der Waals surface area contributed by atoms with Crippen molar-refractivity contribution in [2.75, 3.05) is 37.1 Å². The maximum atomic E-state index is 15.1. The summed E-state index contributed by atoms with van der Waals surface area (Å²) in [4.78, 5) is 27.4. The quantitative estimate of drug-likeness (QED) is 0.430. The highest BCUT2D eigenvalue weighted by Crippen LogP contribution is 2.49. The zero-order chi connectivity index (χ0) is 28.2. The van der Waals surface area contributed by atoms with Gasteiger partial charge in [-0.3, -0.25) is 9.78 Å². The van der Waals surface area contributed by atoms with E-state index >= 15 is 4.39 Å². The maximum absolute atomic E-state index is 15.1. The van der Waals surface area contributed by atoms with E-state index in [9.17, 15) is 10.1 Å². The van der Waals surface area contributed by atoms with Crippen molar-refractivity contribution in [1.82, 2.24) is 15.0 Å². The molecule has 8 rings (SSSR count). The van der Waals surface area contributed by atoms with E-state index in [2.05, 4.69) is 31.2 Å². The predicted octanol–water partition coefficient (Wildman–Crippen LogP) is 4.33. The molecule has 2 bridgehead atoms. The number of amides is 1. The van der Waals surface area contributed by atoms with Crippen LogP contribution in [0, 0.1) is 22.6 Å². The highest BCUT2D eigenvalue weighted by molar-refractivity contribution is 5.94. The third-order valence-corrected chi connectivity index (χ3v) is 9.41. The SMILES string of the molecule is CN(c1ccc2c(n1)NC(=O)CO2)C12CCC(CCc3c(F)cnc4ccc(OCC5(C#N)CC5)nc34)(CC1)OC2. The van der Waals surface area contributed by atoms with Crippen molar-refractivity contribution >= 4 is 28.6 Å². The Labute approximate surface area is 236 Å². The number of rotatable bonds is 8. The summed E-state index contributed by atoms with van der Waals surface area (Å²) >= 11 is 0. The number of aromatic nitrogens is 3. The Hall–Kier alpha value is -4.04. The molecular weight excluding hydrogens is 527 g/mol. The summed E-state index contributed by atoms with van der Waals surface area (Å²) in [5.41, 5.74) is 0.683. The smallest absolute Gasteiger partial charge is 0.263 e. The van der Waals surface area contributed by atoms with Crippen LogP contribution in [0.25, 0.3) is 11.0 Å². The molecule has 2 saturated carbocycles. The van der Waals surface area contributed by atoms with Crippen LogP contribution in [0.15, 0.2) is 30.5 Å². The minimum Gasteiger partial charge on any atom is -0.480 e. The van der Waals surface area contributed by atoms with Gasteiger partial charge in [-0.25, -0.2) is 14.4 Å². The van der Waals surface area contributed by atoms with Gasteiger partial charge in [0.2, 0.25) is 5.88 Å². The molecule has 4 fully saturated rings. The van der Waals surface area contributed by atoms with Crippen LogP contribution >= 0.6 is 0 Å². The molecule has 1 amide bonds. The average molecular weight is 559 g/mol. The zero-order valence-corrected chi connectivity index (χ0v) is 22.9. The third kappa shape index (κ3) is 4.60. The molecule has 41 heavy (non-hydrogen) atoms. The van der Waals surface area contributed by atoms with Crippen molar-refractivity contribution in [3.8, 4) is 17.7 Å². The third-order valence-electron chi connectivity index (χ3n) is 9.41. The summed E-state index contributed by atoms with van der Waals surface area (Å²) in [7, 11) is 2.02. The molecular formula is C30H31FN6O4. The molecule has 3 aliphatic heterocycles. The first-order valence-electron chi connectivity index (χ1n) is 14.1. The summed E-state index contributed by atoms with van der Waals surface area (Å²) in [6.45, 7) is 0.828. The summed E-state index contributed by atoms with van der Waals surface area (Å²) < 4.78 is 32.9. The molecule has 10 nitrogen and oxygen atoms in total. The number of anilines is 2. The van der Waals surface area contributed by atoms with Crippen LogP contribution in [0.4, 0.5) is 16.0 Å².